The van der Waals surface area contributed by atoms with Crippen molar-refractivity contribution in [1.82, 2.24) is 0 Å². The molecule has 0 aromatic rings. The summed E-state index contributed by atoms with van der Waals surface area (Å²) in [4.78, 5) is 10.2. The largest absolute Gasteiger partial charge is 0.481 e. The molecule has 15 heavy (non-hydrogen) atoms. The van der Waals surface area contributed by atoms with E-state index in [1.165, 1.54) is 0 Å². The number of ether oxygens (including phenoxy) is 1. The fourth-order valence-corrected chi connectivity index (χ4v) is 1.57. The van der Waals surface area contributed by atoms with Crippen molar-refractivity contribution >= 4 is 5.97 Å². The predicted octanol–water partition coefficient (Wildman–Crippen LogP) is 3.08. The van der Waals surface area contributed by atoms with Crippen molar-refractivity contribution in [2.45, 2.75) is 59.0 Å². The van der Waals surface area contributed by atoms with E-state index in [1.807, 2.05) is 0 Å². The van der Waals surface area contributed by atoms with Crippen molar-refractivity contribution < 1.29 is 14.6 Å². The highest BCUT2D eigenvalue weighted by Gasteiger charge is 2.04. The van der Waals surface area contributed by atoms with Gasteiger partial charge in [-0.2, -0.15) is 0 Å². The van der Waals surface area contributed by atoms with E-state index in [9.17, 15) is 4.79 Å². The molecular formula is C12H24O3. The number of aliphatic carboxylic acids is 1. The van der Waals surface area contributed by atoms with Crippen molar-refractivity contribution in [3.05, 3.63) is 0 Å². The fourth-order valence-electron chi connectivity index (χ4n) is 1.57. The molecule has 0 heterocycles. The second-order valence-electron chi connectivity index (χ2n) is 4.52. The molecule has 0 rings (SSSR count). The molecule has 0 saturated carbocycles. The second kappa shape index (κ2) is 8.72. The molecule has 0 aliphatic carbocycles. The number of carboxylic acids is 1. The molecule has 1 N–H and O–H groups in total. The third-order valence-electron chi connectivity index (χ3n) is 2.24. The fraction of sp³-hybridized carbons (Fsp3) is 0.917. The first-order chi connectivity index (χ1) is 7.02. The Hall–Kier alpha value is -0.570. The van der Waals surface area contributed by atoms with Crippen LogP contribution in [0.15, 0.2) is 0 Å². The van der Waals surface area contributed by atoms with Crippen LogP contribution < -0.4 is 0 Å². The molecule has 1 unspecified atom stereocenters. The van der Waals surface area contributed by atoms with Gasteiger partial charge < -0.3 is 9.84 Å². The minimum atomic E-state index is -0.705. The summed E-state index contributed by atoms with van der Waals surface area (Å²) in [5, 5.41) is 8.43. The van der Waals surface area contributed by atoms with Crippen molar-refractivity contribution in [3.8, 4) is 0 Å². The minimum Gasteiger partial charge on any atom is -0.481 e. The monoisotopic (exact) mass is 216 g/mol. The molecule has 90 valence electrons. The molecule has 0 fully saturated rings. The molecule has 1 atom stereocenters. The van der Waals surface area contributed by atoms with Gasteiger partial charge in [-0.25, -0.2) is 0 Å². The predicted molar refractivity (Wildman–Crippen MR) is 61.0 cm³/mol. The molecule has 0 aliphatic heterocycles. The lowest BCUT2D eigenvalue weighted by molar-refractivity contribution is -0.137. The van der Waals surface area contributed by atoms with E-state index in [2.05, 4.69) is 20.8 Å². The maximum atomic E-state index is 10.2. The highest BCUT2D eigenvalue weighted by atomic mass is 16.5. The lowest BCUT2D eigenvalue weighted by Crippen LogP contribution is -2.12. The maximum Gasteiger partial charge on any atom is 0.303 e. The molecular weight excluding hydrogens is 192 g/mol. The Bertz CT molecular complexity index is 166. The topological polar surface area (TPSA) is 46.5 Å². The van der Waals surface area contributed by atoms with Crippen LogP contribution >= 0.6 is 0 Å². The van der Waals surface area contributed by atoms with Crippen LogP contribution in [0.3, 0.4) is 0 Å². The lowest BCUT2D eigenvalue weighted by Gasteiger charge is -2.14. The molecule has 3 heteroatoms. The van der Waals surface area contributed by atoms with Gasteiger partial charge in [-0.15, -0.1) is 0 Å². The lowest BCUT2D eigenvalue weighted by atomic mass is 10.1. The normalized spacial score (nSPS) is 13.1. The quantitative estimate of drug-likeness (QED) is 0.602. The van der Waals surface area contributed by atoms with Gasteiger partial charge >= 0.3 is 5.97 Å². The van der Waals surface area contributed by atoms with Crippen molar-refractivity contribution in [2.75, 3.05) is 6.61 Å². The van der Waals surface area contributed by atoms with Crippen LogP contribution in [0.2, 0.25) is 0 Å². The summed E-state index contributed by atoms with van der Waals surface area (Å²) in [6.45, 7) is 7.23. The Kier molecular flexibility index (Phi) is 8.38. The molecule has 0 amide bonds. The molecule has 0 aliphatic rings. The Labute approximate surface area is 92.8 Å². The zero-order valence-corrected chi connectivity index (χ0v) is 10.2. The summed E-state index contributed by atoms with van der Waals surface area (Å²) in [5.74, 6) is -0.0314. The van der Waals surface area contributed by atoms with Gasteiger partial charge in [0.25, 0.3) is 0 Å². The third kappa shape index (κ3) is 11.4. The van der Waals surface area contributed by atoms with Gasteiger partial charge in [0.2, 0.25) is 0 Å². The summed E-state index contributed by atoms with van der Waals surface area (Å²) < 4.78 is 5.61. The van der Waals surface area contributed by atoms with Gasteiger partial charge in [0.15, 0.2) is 0 Å². The van der Waals surface area contributed by atoms with Gasteiger partial charge in [-0.05, 0) is 32.1 Å². The van der Waals surface area contributed by atoms with E-state index < -0.39 is 5.97 Å². The summed E-state index contributed by atoms with van der Waals surface area (Å²) in [7, 11) is 0. The van der Waals surface area contributed by atoms with E-state index >= 15 is 0 Å². The SMILES string of the molecule is CC(C)CC(C)OCCCCCC(=O)O. The Morgan fingerprint density at radius 3 is 2.40 bits per heavy atom. The average molecular weight is 216 g/mol. The van der Waals surface area contributed by atoms with Crippen LogP contribution in [0.1, 0.15) is 52.9 Å². The standard InChI is InChI=1S/C12H24O3/c1-10(2)9-11(3)15-8-6-4-5-7-12(13)14/h10-11H,4-9H2,1-3H3,(H,13,14). The molecule has 0 saturated heterocycles. The first-order valence-corrected chi connectivity index (χ1v) is 5.85. The van der Waals surface area contributed by atoms with Crippen LogP contribution in [0.25, 0.3) is 0 Å². The van der Waals surface area contributed by atoms with Gasteiger partial charge in [0.05, 0.1) is 6.10 Å². The van der Waals surface area contributed by atoms with Crippen molar-refractivity contribution in [2.24, 2.45) is 5.92 Å². The average Bonchev–Trinajstić information content (AvgIpc) is 2.09. The zero-order valence-electron chi connectivity index (χ0n) is 10.2. The minimum absolute atomic E-state index is 0.279. The Morgan fingerprint density at radius 2 is 1.87 bits per heavy atom. The maximum absolute atomic E-state index is 10.2. The summed E-state index contributed by atoms with van der Waals surface area (Å²) in [6.07, 6.45) is 4.37. The van der Waals surface area contributed by atoms with Crippen molar-refractivity contribution in [3.63, 3.8) is 0 Å². The Balaban J connectivity index is 3.20. The van der Waals surface area contributed by atoms with E-state index in [0.29, 0.717) is 12.0 Å². The zero-order chi connectivity index (χ0) is 11.7. The highest BCUT2D eigenvalue weighted by Crippen LogP contribution is 2.08. The van der Waals surface area contributed by atoms with Crippen LogP contribution in [0.5, 0.6) is 0 Å². The van der Waals surface area contributed by atoms with Crippen LogP contribution in [-0.2, 0) is 9.53 Å². The Morgan fingerprint density at radius 1 is 1.20 bits per heavy atom. The van der Waals surface area contributed by atoms with E-state index in [4.69, 9.17) is 9.84 Å². The van der Waals surface area contributed by atoms with Crippen molar-refractivity contribution in [1.29, 1.82) is 0 Å². The highest BCUT2D eigenvalue weighted by molar-refractivity contribution is 5.66. The number of unbranched alkanes of at least 4 members (excludes halogenated alkanes) is 2. The molecule has 0 spiro atoms. The number of carbonyl (C=O) groups is 1. The van der Waals surface area contributed by atoms with E-state index in [1.54, 1.807) is 0 Å². The van der Waals surface area contributed by atoms with Crippen LogP contribution in [0, 0.1) is 5.92 Å². The van der Waals surface area contributed by atoms with Crippen LogP contribution in [-0.4, -0.2) is 23.8 Å². The van der Waals surface area contributed by atoms with E-state index in [0.717, 1.165) is 32.3 Å². The summed E-state index contributed by atoms with van der Waals surface area (Å²) in [6, 6.07) is 0. The van der Waals surface area contributed by atoms with Gasteiger partial charge in [-0.3, -0.25) is 4.79 Å². The number of rotatable bonds is 9. The molecule has 3 nitrogen and oxygen atoms in total. The molecule has 0 aromatic carbocycles. The molecule has 0 radical (unpaired) electrons. The van der Waals surface area contributed by atoms with Gasteiger partial charge in [0.1, 0.15) is 0 Å². The second-order valence-corrected chi connectivity index (χ2v) is 4.52. The smallest absolute Gasteiger partial charge is 0.303 e. The number of hydrogen-bond donors (Lipinski definition) is 1. The van der Waals surface area contributed by atoms with Crippen LogP contribution in [0.4, 0.5) is 0 Å². The summed E-state index contributed by atoms with van der Waals surface area (Å²) >= 11 is 0. The summed E-state index contributed by atoms with van der Waals surface area (Å²) in [5.41, 5.74) is 0. The molecule has 0 bridgehead atoms. The van der Waals surface area contributed by atoms with E-state index in [-0.39, 0.29) is 6.42 Å². The van der Waals surface area contributed by atoms with Gasteiger partial charge in [-0.1, -0.05) is 20.3 Å². The first kappa shape index (κ1) is 14.4. The molecule has 0 aromatic heterocycles. The first-order valence-electron chi connectivity index (χ1n) is 5.85. The number of carboxylic acid groups (broad SMARTS) is 1. The third-order valence-corrected chi connectivity index (χ3v) is 2.24. The number of hydrogen-bond acceptors (Lipinski definition) is 2. The van der Waals surface area contributed by atoms with Gasteiger partial charge in [0, 0.05) is 13.0 Å².